The maximum Gasteiger partial charge on any atom is 0.124 e. The molecule has 6 aromatic rings. The highest BCUT2D eigenvalue weighted by Gasteiger charge is 2.45. The second-order valence-corrected chi connectivity index (χ2v) is 11.6. The number of aromatic hydroxyl groups is 2. The second kappa shape index (κ2) is 11.4. The quantitative estimate of drug-likeness (QED) is 0.191. The average Bonchev–Trinajstić information content (AvgIpc) is 3.37. The number of aliphatic imine (C=N–C) groups is 2. The minimum absolute atomic E-state index is 0.211. The molecule has 6 aromatic carbocycles. The Bertz CT molecular complexity index is 1940. The molecular weight excluding hydrogens is 552 g/mol. The third-order valence-electron chi connectivity index (χ3n) is 8.62. The molecule has 0 aromatic heterocycles. The van der Waals surface area contributed by atoms with Crippen LogP contribution in [-0.4, -0.2) is 22.6 Å². The molecule has 4 heteroatoms. The zero-order valence-electron chi connectivity index (χ0n) is 25.1. The summed E-state index contributed by atoms with van der Waals surface area (Å²) in [5.41, 5.74) is 11.8. The predicted octanol–water partition coefficient (Wildman–Crippen LogP) is 9.58. The van der Waals surface area contributed by atoms with Crippen LogP contribution in [0.4, 0.5) is 11.4 Å². The summed E-state index contributed by atoms with van der Waals surface area (Å²) < 4.78 is 0. The van der Waals surface area contributed by atoms with Gasteiger partial charge in [0.1, 0.15) is 11.5 Å². The van der Waals surface area contributed by atoms with E-state index in [1.807, 2.05) is 62.4 Å². The molecule has 0 aliphatic heterocycles. The summed E-state index contributed by atoms with van der Waals surface area (Å²) in [5.74, 6) is 0.421. The van der Waals surface area contributed by atoms with Gasteiger partial charge in [-0.25, -0.2) is 0 Å². The summed E-state index contributed by atoms with van der Waals surface area (Å²) in [6.45, 7) is 3.99. The van der Waals surface area contributed by atoms with Crippen LogP contribution in [0.15, 0.2) is 143 Å². The number of benzene rings is 6. The Morgan fingerprint density at radius 2 is 0.889 bits per heavy atom. The van der Waals surface area contributed by atoms with Gasteiger partial charge in [0.15, 0.2) is 0 Å². The first-order valence-electron chi connectivity index (χ1n) is 15.0. The van der Waals surface area contributed by atoms with Crippen LogP contribution in [0.1, 0.15) is 44.5 Å². The smallest absolute Gasteiger partial charge is 0.124 e. The Labute approximate surface area is 263 Å². The van der Waals surface area contributed by atoms with Gasteiger partial charge >= 0.3 is 0 Å². The lowest BCUT2D eigenvalue weighted by Gasteiger charge is -2.34. The molecule has 7 rings (SSSR count). The Hall–Kier alpha value is -5.74. The van der Waals surface area contributed by atoms with E-state index < -0.39 is 5.41 Å². The van der Waals surface area contributed by atoms with Gasteiger partial charge < -0.3 is 10.2 Å². The van der Waals surface area contributed by atoms with Crippen molar-refractivity contribution in [3.8, 4) is 22.6 Å². The zero-order chi connectivity index (χ0) is 31.0. The number of phenolic OH excluding ortho intramolecular Hbond substituents is 2. The third-order valence-corrected chi connectivity index (χ3v) is 8.62. The van der Waals surface area contributed by atoms with E-state index in [2.05, 4.69) is 82.8 Å². The SMILES string of the molecule is Cc1ccc(O)c(C=Nc2ccc(C3(c4ccc(N=Cc5cc(C)ccc5O)cc4)c4ccccc4-c4ccccc43)cc2)c1. The average molecular weight is 585 g/mol. The number of nitrogens with zero attached hydrogens (tertiary/aromatic N) is 2. The van der Waals surface area contributed by atoms with E-state index in [-0.39, 0.29) is 11.5 Å². The number of hydrogen-bond acceptors (Lipinski definition) is 4. The van der Waals surface area contributed by atoms with E-state index in [4.69, 9.17) is 0 Å². The molecule has 1 aliphatic rings. The lowest BCUT2D eigenvalue weighted by atomic mass is 9.67. The molecule has 0 spiro atoms. The first kappa shape index (κ1) is 28.1. The molecule has 0 bridgehead atoms. The minimum Gasteiger partial charge on any atom is -0.507 e. The maximum absolute atomic E-state index is 10.3. The van der Waals surface area contributed by atoms with Crippen LogP contribution in [0.3, 0.4) is 0 Å². The highest BCUT2D eigenvalue weighted by atomic mass is 16.3. The Kier molecular flexibility index (Phi) is 7.11. The van der Waals surface area contributed by atoms with Crippen LogP contribution < -0.4 is 0 Å². The van der Waals surface area contributed by atoms with Gasteiger partial charge in [0, 0.05) is 23.6 Å². The molecule has 45 heavy (non-hydrogen) atoms. The number of aryl methyl sites for hydroxylation is 2. The first-order chi connectivity index (χ1) is 21.9. The van der Waals surface area contributed by atoms with E-state index in [9.17, 15) is 10.2 Å². The zero-order valence-corrected chi connectivity index (χ0v) is 25.1. The summed E-state index contributed by atoms with van der Waals surface area (Å²) in [4.78, 5) is 9.36. The minimum atomic E-state index is -0.540. The van der Waals surface area contributed by atoms with Gasteiger partial charge in [-0.2, -0.15) is 0 Å². The third kappa shape index (κ3) is 5.00. The van der Waals surface area contributed by atoms with Crippen LogP contribution in [0, 0.1) is 13.8 Å². The van der Waals surface area contributed by atoms with Crippen LogP contribution in [-0.2, 0) is 5.41 Å². The van der Waals surface area contributed by atoms with Crippen LogP contribution in [0.2, 0.25) is 0 Å². The number of phenols is 2. The van der Waals surface area contributed by atoms with Gasteiger partial charge in [0.2, 0.25) is 0 Å². The molecule has 0 fully saturated rings. The largest absolute Gasteiger partial charge is 0.507 e. The van der Waals surface area contributed by atoms with Crippen molar-refractivity contribution >= 4 is 23.8 Å². The van der Waals surface area contributed by atoms with Gasteiger partial charge in [-0.15, -0.1) is 0 Å². The molecule has 4 nitrogen and oxygen atoms in total. The van der Waals surface area contributed by atoms with Gasteiger partial charge in [-0.1, -0.05) is 96.1 Å². The summed E-state index contributed by atoms with van der Waals surface area (Å²) in [5, 5.41) is 20.5. The van der Waals surface area contributed by atoms with Crippen molar-refractivity contribution in [1.29, 1.82) is 0 Å². The molecule has 1 aliphatic carbocycles. The number of fused-ring (bicyclic) bond motifs is 3. The van der Waals surface area contributed by atoms with E-state index >= 15 is 0 Å². The normalized spacial score (nSPS) is 13.3. The molecule has 0 radical (unpaired) electrons. The fraction of sp³-hybridized carbons (Fsp3) is 0.0732. The van der Waals surface area contributed by atoms with Gasteiger partial charge in [0.05, 0.1) is 16.8 Å². The number of hydrogen-bond donors (Lipinski definition) is 2. The van der Waals surface area contributed by atoms with E-state index in [0.29, 0.717) is 11.1 Å². The lowest BCUT2D eigenvalue weighted by Crippen LogP contribution is -2.28. The molecule has 0 saturated heterocycles. The molecule has 0 amide bonds. The standard InChI is InChI=1S/C41H32N2O2/c1-27-11-21-39(44)29(23-27)25-42-33-17-13-31(14-18-33)41(37-9-5-3-7-35(37)36-8-4-6-10-38(36)41)32-15-19-34(20-16-32)43-26-30-24-28(2)12-22-40(30)45/h3-26,44-45H,1-2H3. The summed E-state index contributed by atoms with van der Waals surface area (Å²) in [6.07, 6.45) is 3.42. The number of rotatable bonds is 6. The lowest BCUT2D eigenvalue weighted by molar-refractivity contribution is 0.474. The summed E-state index contributed by atoms with van der Waals surface area (Å²) in [6, 6.07) is 45.1. The van der Waals surface area contributed by atoms with Crippen molar-refractivity contribution in [3.05, 3.63) is 178 Å². The Balaban J connectivity index is 1.32. The Morgan fingerprint density at radius 3 is 1.31 bits per heavy atom. The van der Waals surface area contributed by atoms with Crippen molar-refractivity contribution in [2.75, 3.05) is 0 Å². The van der Waals surface area contributed by atoms with Crippen molar-refractivity contribution in [1.82, 2.24) is 0 Å². The van der Waals surface area contributed by atoms with Gasteiger partial charge in [-0.05, 0) is 95.8 Å². The molecule has 0 unspecified atom stereocenters. The fourth-order valence-corrected chi connectivity index (χ4v) is 6.46. The topological polar surface area (TPSA) is 65.2 Å². The second-order valence-electron chi connectivity index (χ2n) is 11.6. The highest BCUT2D eigenvalue weighted by Crippen LogP contribution is 2.56. The van der Waals surface area contributed by atoms with Crippen LogP contribution in [0.5, 0.6) is 11.5 Å². The van der Waals surface area contributed by atoms with Crippen molar-refractivity contribution in [2.45, 2.75) is 19.3 Å². The molecule has 0 atom stereocenters. The van der Waals surface area contributed by atoms with E-state index in [1.54, 1.807) is 24.6 Å². The highest BCUT2D eigenvalue weighted by molar-refractivity contribution is 5.88. The molecule has 218 valence electrons. The van der Waals surface area contributed by atoms with Gasteiger partial charge in [-0.3, -0.25) is 9.98 Å². The van der Waals surface area contributed by atoms with Crippen molar-refractivity contribution in [2.24, 2.45) is 9.98 Å². The summed E-state index contributed by atoms with van der Waals surface area (Å²) >= 11 is 0. The monoisotopic (exact) mass is 584 g/mol. The van der Waals surface area contributed by atoms with Crippen LogP contribution in [0.25, 0.3) is 11.1 Å². The molecule has 0 heterocycles. The predicted molar refractivity (Wildman–Crippen MR) is 184 cm³/mol. The fourth-order valence-electron chi connectivity index (χ4n) is 6.46. The Morgan fingerprint density at radius 1 is 0.489 bits per heavy atom. The van der Waals surface area contributed by atoms with E-state index in [1.165, 1.54) is 22.3 Å². The molecule has 0 saturated carbocycles. The molecular formula is C41H32N2O2. The maximum atomic E-state index is 10.3. The van der Waals surface area contributed by atoms with Crippen molar-refractivity contribution in [3.63, 3.8) is 0 Å². The van der Waals surface area contributed by atoms with E-state index in [0.717, 1.165) is 33.6 Å². The first-order valence-corrected chi connectivity index (χ1v) is 15.0. The van der Waals surface area contributed by atoms with Gasteiger partial charge in [0.25, 0.3) is 0 Å². The van der Waals surface area contributed by atoms with Crippen molar-refractivity contribution < 1.29 is 10.2 Å². The molecule has 2 N–H and O–H groups in total. The van der Waals surface area contributed by atoms with Crippen LogP contribution >= 0.6 is 0 Å². The summed E-state index contributed by atoms with van der Waals surface area (Å²) in [7, 11) is 0.